The Hall–Kier alpha value is -8.28. The second-order valence-corrected chi connectivity index (χ2v) is 19.4. The summed E-state index contributed by atoms with van der Waals surface area (Å²) in [6.07, 6.45) is 7.87. The van der Waals surface area contributed by atoms with Crippen molar-refractivity contribution in [2.24, 2.45) is 0 Å². The monoisotopic (exact) mass is 1080 g/mol. The topological polar surface area (TPSA) is 211 Å². The van der Waals surface area contributed by atoms with E-state index in [1.807, 2.05) is 77.1 Å². The van der Waals surface area contributed by atoms with E-state index >= 15 is 0 Å². The number of piperidine rings is 2. The van der Waals surface area contributed by atoms with Crippen LogP contribution in [0.2, 0.25) is 0 Å². The van der Waals surface area contributed by atoms with Crippen LogP contribution in [0, 0.1) is 6.92 Å². The number of aryl methyl sites for hydroxylation is 1. The summed E-state index contributed by atoms with van der Waals surface area (Å²) in [7, 11) is 1.54. The van der Waals surface area contributed by atoms with Crippen LogP contribution in [0.15, 0.2) is 133 Å². The summed E-state index contributed by atoms with van der Waals surface area (Å²) in [6.45, 7) is 14.0. The van der Waals surface area contributed by atoms with E-state index in [9.17, 15) is 19.2 Å². The lowest BCUT2D eigenvalue weighted by Gasteiger charge is -2.23. The van der Waals surface area contributed by atoms with E-state index in [2.05, 4.69) is 42.5 Å². The molecule has 0 aromatic heterocycles. The number of benzene rings is 6. The van der Waals surface area contributed by atoms with Crippen molar-refractivity contribution in [2.45, 2.75) is 110 Å². The maximum atomic E-state index is 12.8. The molecule has 2 heterocycles. The van der Waals surface area contributed by atoms with Crippen LogP contribution in [0.25, 0.3) is 0 Å². The first kappa shape index (κ1) is 58.4. The van der Waals surface area contributed by atoms with E-state index in [0.29, 0.717) is 62.6 Å². The molecule has 0 saturated carbocycles. The van der Waals surface area contributed by atoms with Crippen LogP contribution in [-0.2, 0) is 0 Å². The van der Waals surface area contributed by atoms with Gasteiger partial charge in [-0.25, -0.2) is 9.59 Å². The number of hydrogen-bond acceptors (Lipinski definition) is 11. The number of nitrogens with one attached hydrogen (secondary N) is 8. The predicted octanol–water partition coefficient (Wildman–Crippen LogP) is 12.7. The third kappa shape index (κ3) is 18.4. The number of ether oxygens (including phenoxy) is 5. The number of urea groups is 2. The maximum Gasteiger partial charge on any atom is 0.319 e. The third-order valence-electron chi connectivity index (χ3n) is 13.6. The van der Waals surface area contributed by atoms with Crippen molar-refractivity contribution >= 4 is 46.6 Å². The van der Waals surface area contributed by atoms with Gasteiger partial charge >= 0.3 is 12.1 Å². The van der Waals surface area contributed by atoms with Crippen LogP contribution < -0.4 is 66.2 Å². The third-order valence-corrected chi connectivity index (χ3v) is 13.6. The van der Waals surface area contributed by atoms with Crippen molar-refractivity contribution in [1.29, 1.82) is 0 Å². The van der Waals surface area contributed by atoms with Crippen LogP contribution in [0.3, 0.4) is 0 Å². The van der Waals surface area contributed by atoms with Gasteiger partial charge in [-0.3, -0.25) is 9.59 Å². The average Bonchev–Trinajstić information content (AvgIpc) is 3.47. The van der Waals surface area contributed by atoms with Crippen LogP contribution >= 0.6 is 0 Å². The van der Waals surface area contributed by atoms with Crippen molar-refractivity contribution < 1.29 is 42.9 Å². The SMILES string of the molecule is CCC(CC)NC(=O)Nc1ccc(Oc2ccc(NC(=O)c3ccc(OC4CCNCC4)cc3)cc2)c(OC)c1.CCC(CC)NC(=O)Nc1ccc(Oc2ccc(NC(=O)c3ccc(OC4CCNCC4)cc3)cc2C)cc1. The minimum absolute atomic E-state index is 0.126. The summed E-state index contributed by atoms with van der Waals surface area (Å²) in [4.78, 5) is 49.9. The van der Waals surface area contributed by atoms with Gasteiger partial charge in [-0.05, 0) is 217 Å². The molecule has 6 aromatic rings. The highest BCUT2D eigenvalue weighted by Crippen LogP contribution is 2.35. The number of rotatable bonds is 21. The van der Waals surface area contributed by atoms with Crippen LogP contribution in [0.1, 0.15) is 105 Å². The number of carbonyl (C=O) groups is 4. The molecule has 0 unspecified atom stereocenters. The lowest BCUT2D eigenvalue weighted by molar-refractivity contribution is 0.101. The Morgan fingerprint density at radius 1 is 0.456 bits per heavy atom. The van der Waals surface area contributed by atoms with Gasteiger partial charge in [0.1, 0.15) is 41.0 Å². The molecule has 0 spiro atoms. The maximum absolute atomic E-state index is 12.8. The van der Waals surface area contributed by atoms with Crippen molar-refractivity contribution in [3.05, 3.63) is 150 Å². The van der Waals surface area contributed by atoms with Crippen molar-refractivity contribution in [1.82, 2.24) is 21.3 Å². The second kappa shape index (κ2) is 30.0. The molecule has 6 aromatic carbocycles. The highest BCUT2D eigenvalue weighted by Gasteiger charge is 2.18. The van der Waals surface area contributed by atoms with E-state index in [-0.39, 0.29) is 48.2 Å². The van der Waals surface area contributed by atoms with Crippen LogP contribution in [-0.4, -0.2) is 81.5 Å². The first-order chi connectivity index (χ1) is 38.4. The molecular formula is C62H76N8O9. The highest BCUT2D eigenvalue weighted by atomic mass is 16.5. The number of methoxy groups -OCH3 is 1. The number of hydrogen-bond donors (Lipinski definition) is 8. The summed E-state index contributed by atoms with van der Waals surface area (Å²) in [5, 5.41) is 24.1. The van der Waals surface area contributed by atoms with Gasteiger partial charge in [-0.1, -0.05) is 27.7 Å². The van der Waals surface area contributed by atoms with E-state index in [0.717, 1.165) is 94.6 Å². The van der Waals surface area contributed by atoms with Crippen LogP contribution in [0.4, 0.5) is 32.3 Å². The van der Waals surface area contributed by atoms with Crippen molar-refractivity contribution in [3.63, 3.8) is 0 Å². The highest BCUT2D eigenvalue weighted by molar-refractivity contribution is 6.05. The molecule has 8 N–H and O–H groups in total. The molecule has 418 valence electrons. The fourth-order valence-electron chi connectivity index (χ4n) is 8.82. The molecule has 2 saturated heterocycles. The molecule has 0 atom stereocenters. The molecule has 79 heavy (non-hydrogen) atoms. The minimum atomic E-state index is -0.261. The molecule has 2 aliphatic rings. The average molecular weight is 1080 g/mol. The van der Waals surface area contributed by atoms with Gasteiger partial charge < -0.3 is 66.2 Å². The van der Waals surface area contributed by atoms with Crippen molar-refractivity contribution in [3.8, 4) is 40.2 Å². The molecule has 8 rings (SSSR count). The Kier molecular flexibility index (Phi) is 22.2. The molecule has 0 radical (unpaired) electrons. The van der Waals surface area contributed by atoms with Gasteiger partial charge in [-0.15, -0.1) is 0 Å². The molecular weight excluding hydrogens is 1000 g/mol. The zero-order chi connectivity index (χ0) is 55.9. The molecule has 17 heteroatoms. The van der Waals surface area contributed by atoms with E-state index in [1.54, 1.807) is 98.1 Å². The minimum Gasteiger partial charge on any atom is -0.493 e. The number of amides is 6. The summed E-state index contributed by atoms with van der Waals surface area (Å²) >= 11 is 0. The fraction of sp³-hybridized carbons (Fsp3) is 0.355. The van der Waals surface area contributed by atoms with E-state index < -0.39 is 0 Å². The Balaban J connectivity index is 0.000000229. The Morgan fingerprint density at radius 3 is 1.25 bits per heavy atom. The molecule has 0 aliphatic carbocycles. The molecule has 0 bridgehead atoms. The summed E-state index contributed by atoms with van der Waals surface area (Å²) in [6, 6.07) is 39.3. The summed E-state index contributed by atoms with van der Waals surface area (Å²) in [5.41, 5.74) is 4.59. The van der Waals surface area contributed by atoms with Crippen LogP contribution in [0.5, 0.6) is 40.2 Å². The summed E-state index contributed by atoms with van der Waals surface area (Å²) < 4.78 is 29.5. The lowest BCUT2D eigenvalue weighted by atomic mass is 10.1. The summed E-state index contributed by atoms with van der Waals surface area (Å²) in [5.74, 6) is 4.03. The van der Waals surface area contributed by atoms with Gasteiger partial charge in [0.25, 0.3) is 11.8 Å². The predicted molar refractivity (Wildman–Crippen MR) is 312 cm³/mol. The van der Waals surface area contributed by atoms with Gasteiger partial charge in [0.15, 0.2) is 11.5 Å². The number of carbonyl (C=O) groups excluding carboxylic acids is 4. The van der Waals surface area contributed by atoms with E-state index in [4.69, 9.17) is 23.7 Å². The lowest BCUT2D eigenvalue weighted by Crippen LogP contribution is -2.37. The second-order valence-electron chi connectivity index (χ2n) is 19.4. The standard InChI is InChI=1S/C31H38N4O5.C31H38N4O4/c1-4-22(5-2)34-31(37)35-24-10-15-28(29(20-24)38-3)40-26-13-8-23(9-14-26)33-30(36)21-6-11-25(12-7-21)39-27-16-18-32-19-17-27;1-4-23(5-2)34-31(37)35-24-8-13-27(14-9-24)39-29-15-10-25(20-21(29)3)33-30(36)22-6-11-26(12-7-22)38-28-16-18-32-19-17-28/h6-15,20,22,27,32H,4-5,16-19H2,1-3H3,(H,33,36)(H2,34,35,37);6-15,20,23,28,32H,4-5,16-19H2,1-3H3,(H,33,36)(H2,34,35,37). The molecule has 2 aliphatic heterocycles. The van der Waals surface area contributed by atoms with Gasteiger partial charge in [0, 0.05) is 52.0 Å². The number of anilines is 4. The molecule has 2 fully saturated rings. The molecule has 6 amide bonds. The zero-order valence-electron chi connectivity index (χ0n) is 46.2. The smallest absolute Gasteiger partial charge is 0.319 e. The fourth-order valence-corrected chi connectivity index (χ4v) is 8.82. The zero-order valence-corrected chi connectivity index (χ0v) is 46.2. The van der Waals surface area contributed by atoms with Gasteiger partial charge in [0.2, 0.25) is 0 Å². The van der Waals surface area contributed by atoms with Crippen molar-refractivity contribution in [2.75, 3.05) is 54.6 Å². The Labute approximate surface area is 464 Å². The normalized spacial score (nSPS) is 13.5. The molecule has 17 nitrogen and oxygen atoms in total. The first-order valence-corrected chi connectivity index (χ1v) is 27.5. The largest absolute Gasteiger partial charge is 0.493 e. The quantitative estimate of drug-likeness (QED) is 0.0340. The Morgan fingerprint density at radius 2 is 0.823 bits per heavy atom. The Bertz CT molecular complexity index is 2880. The van der Waals surface area contributed by atoms with E-state index in [1.165, 1.54) is 0 Å². The first-order valence-electron chi connectivity index (χ1n) is 27.5. The van der Waals surface area contributed by atoms with Gasteiger partial charge in [0.05, 0.1) is 7.11 Å². The van der Waals surface area contributed by atoms with Gasteiger partial charge in [-0.2, -0.15) is 0 Å².